The van der Waals surface area contributed by atoms with Gasteiger partial charge in [-0.15, -0.1) is 0 Å². The van der Waals surface area contributed by atoms with Gasteiger partial charge in [0, 0.05) is 0 Å². The van der Waals surface area contributed by atoms with Gasteiger partial charge in [-0.2, -0.15) is 0 Å². The summed E-state index contributed by atoms with van der Waals surface area (Å²) >= 11 is 0. The van der Waals surface area contributed by atoms with E-state index in [2.05, 4.69) is 39.0 Å². The van der Waals surface area contributed by atoms with E-state index in [0.717, 1.165) is 12.4 Å². The Bertz CT molecular complexity index is 452. The van der Waals surface area contributed by atoms with E-state index in [1.807, 2.05) is 0 Å². The van der Waals surface area contributed by atoms with Crippen molar-refractivity contribution >= 4 is 0 Å². The molecule has 1 aromatic carbocycles. The van der Waals surface area contributed by atoms with Crippen molar-refractivity contribution in [3.8, 4) is 5.75 Å². The first-order chi connectivity index (χ1) is 13.3. The third-order valence-electron chi connectivity index (χ3n) is 5.61. The SMILES string of the molecule is CCCCCCCCCc1cccc(OCC)c1CCCCCCCCC. The minimum Gasteiger partial charge on any atom is -0.494 e. The van der Waals surface area contributed by atoms with Crippen molar-refractivity contribution in [3.63, 3.8) is 0 Å². The summed E-state index contributed by atoms with van der Waals surface area (Å²) in [6, 6.07) is 6.71. The van der Waals surface area contributed by atoms with Crippen LogP contribution >= 0.6 is 0 Å². The van der Waals surface area contributed by atoms with Crippen molar-refractivity contribution < 1.29 is 4.74 Å². The van der Waals surface area contributed by atoms with E-state index < -0.39 is 0 Å². The molecule has 0 aliphatic heterocycles. The maximum Gasteiger partial charge on any atom is 0.122 e. The van der Waals surface area contributed by atoms with Gasteiger partial charge in [0.25, 0.3) is 0 Å². The molecule has 0 aliphatic carbocycles. The van der Waals surface area contributed by atoms with Gasteiger partial charge in [0.1, 0.15) is 5.75 Å². The zero-order valence-corrected chi connectivity index (χ0v) is 18.7. The summed E-state index contributed by atoms with van der Waals surface area (Å²) in [7, 11) is 0. The highest BCUT2D eigenvalue weighted by atomic mass is 16.5. The van der Waals surface area contributed by atoms with E-state index >= 15 is 0 Å². The van der Waals surface area contributed by atoms with Gasteiger partial charge in [-0.05, 0) is 49.8 Å². The van der Waals surface area contributed by atoms with Crippen molar-refractivity contribution in [1.29, 1.82) is 0 Å². The van der Waals surface area contributed by atoms with Crippen molar-refractivity contribution in [2.45, 2.75) is 124 Å². The second-order valence-corrected chi connectivity index (χ2v) is 8.07. The van der Waals surface area contributed by atoms with Gasteiger partial charge in [0.15, 0.2) is 0 Å². The molecule has 0 aromatic heterocycles. The maximum absolute atomic E-state index is 5.96. The second-order valence-electron chi connectivity index (χ2n) is 8.07. The molecule has 156 valence electrons. The Labute approximate surface area is 170 Å². The topological polar surface area (TPSA) is 9.23 Å². The van der Waals surface area contributed by atoms with Gasteiger partial charge in [-0.3, -0.25) is 0 Å². The third kappa shape index (κ3) is 11.5. The molecule has 0 fully saturated rings. The Balaban J connectivity index is 2.42. The average molecular weight is 375 g/mol. The molecule has 0 radical (unpaired) electrons. The molecule has 0 unspecified atom stereocenters. The van der Waals surface area contributed by atoms with Crippen molar-refractivity contribution in [3.05, 3.63) is 29.3 Å². The van der Waals surface area contributed by atoms with Crippen LogP contribution in [0.2, 0.25) is 0 Å². The Morgan fingerprint density at radius 2 is 1.11 bits per heavy atom. The lowest BCUT2D eigenvalue weighted by atomic mass is 9.95. The molecule has 1 aromatic rings. The molecule has 0 bridgehead atoms. The van der Waals surface area contributed by atoms with Gasteiger partial charge in [-0.25, -0.2) is 0 Å². The molecular weight excluding hydrogens is 328 g/mol. The van der Waals surface area contributed by atoms with Gasteiger partial charge in [0.2, 0.25) is 0 Å². The minimum absolute atomic E-state index is 0.769. The van der Waals surface area contributed by atoms with E-state index in [4.69, 9.17) is 4.74 Å². The summed E-state index contributed by atoms with van der Waals surface area (Å²) < 4.78 is 5.96. The summed E-state index contributed by atoms with van der Waals surface area (Å²) in [5.74, 6) is 1.14. The predicted octanol–water partition coefficient (Wildman–Crippen LogP) is 8.67. The van der Waals surface area contributed by atoms with Crippen LogP contribution in [-0.2, 0) is 12.8 Å². The Morgan fingerprint density at radius 3 is 1.67 bits per heavy atom. The zero-order valence-electron chi connectivity index (χ0n) is 18.7. The quantitative estimate of drug-likeness (QED) is 0.233. The van der Waals surface area contributed by atoms with Crippen LogP contribution in [0, 0.1) is 0 Å². The lowest BCUT2D eigenvalue weighted by Gasteiger charge is -2.15. The Morgan fingerprint density at radius 1 is 0.593 bits per heavy atom. The number of unbranched alkanes of at least 4 members (excludes halogenated alkanes) is 12. The molecule has 0 saturated carbocycles. The summed E-state index contributed by atoms with van der Waals surface area (Å²) in [5, 5.41) is 0. The van der Waals surface area contributed by atoms with Crippen LogP contribution in [0.15, 0.2) is 18.2 Å². The van der Waals surface area contributed by atoms with Crippen molar-refractivity contribution in [1.82, 2.24) is 0 Å². The fourth-order valence-electron chi connectivity index (χ4n) is 3.95. The average Bonchev–Trinajstić information content (AvgIpc) is 2.68. The van der Waals surface area contributed by atoms with Crippen molar-refractivity contribution in [2.24, 2.45) is 0 Å². The van der Waals surface area contributed by atoms with E-state index in [9.17, 15) is 0 Å². The van der Waals surface area contributed by atoms with Gasteiger partial charge < -0.3 is 4.74 Å². The van der Waals surface area contributed by atoms with Crippen LogP contribution < -0.4 is 4.74 Å². The Hall–Kier alpha value is -0.980. The van der Waals surface area contributed by atoms with E-state index in [0.29, 0.717) is 0 Å². The summed E-state index contributed by atoms with van der Waals surface area (Å²) in [6.45, 7) is 7.45. The molecule has 0 saturated heterocycles. The molecule has 0 aliphatic rings. The zero-order chi connectivity index (χ0) is 19.6. The largest absolute Gasteiger partial charge is 0.494 e. The first-order valence-corrected chi connectivity index (χ1v) is 12.1. The smallest absolute Gasteiger partial charge is 0.122 e. The second kappa shape index (κ2) is 17.1. The van der Waals surface area contributed by atoms with Crippen LogP contribution in [-0.4, -0.2) is 6.61 Å². The summed E-state index contributed by atoms with van der Waals surface area (Å²) in [6.07, 6.45) is 21.7. The van der Waals surface area contributed by atoms with Crippen molar-refractivity contribution in [2.75, 3.05) is 6.61 Å². The highest BCUT2D eigenvalue weighted by molar-refractivity contribution is 5.40. The summed E-state index contributed by atoms with van der Waals surface area (Å²) in [4.78, 5) is 0. The first-order valence-electron chi connectivity index (χ1n) is 12.1. The number of aryl methyl sites for hydroxylation is 1. The van der Waals surface area contributed by atoms with Crippen LogP contribution in [0.1, 0.15) is 122 Å². The Kier molecular flexibility index (Phi) is 15.3. The monoisotopic (exact) mass is 374 g/mol. The minimum atomic E-state index is 0.769. The molecule has 1 nitrogen and oxygen atoms in total. The highest BCUT2D eigenvalue weighted by Gasteiger charge is 2.09. The molecule has 0 N–H and O–H groups in total. The number of benzene rings is 1. The molecular formula is C26H46O. The standard InChI is InChI=1S/C26H46O/c1-4-7-9-11-13-15-17-20-24-21-19-23-26(27-6-3)25(24)22-18-16-14-12-10-8-5-2/h19,21,23H,4-18,20,22H2,1-3H3. The molecule has 0 atom stereocenters. The van der Waals surface area contributed by atoms with Crippen LogP contribution in [0.25, 0.3) is 0 Å². The van der Waals surface area contributed by atoms with E-state index in [-0.39, 0.29) is 0 Å². The predicted molar refractivity (Wildman–Crippen MR) is 121 cm³/mol. The molecule has 1 rings (SSSR count). The highest BCUT2D eigenvalue weighted by Crippen LogP contribution is 2.27. The lowest BCUT2D eigenvalue weighted by molar-refractivity contribution is 0.335. The van der Waals surface area contributed by atoms with Crippen LogP contribution in [0.4, 0.5) is 0 Å². The van der Waals surface area contributed by atoms with E-state index in [1.165, 1.54) is 108 Å². The van der Waals surface area contributed by atoms with Gasteiger partial charge in [-0.1, -0.05) is 103 Å². The lowest BCUT2D eigenvalue weighted by Crippen LogP contribution is -2.02. The molecule has 0 heterocycles. The fourth-order valence-corrected chi connectivity index (χ4v) is 3.95. The molecule has 0 amide bonds. The third-order valence-corrected chi connectivity index (χ3v) is 5.61. The number of rotatable bonds is 18. The fraction of sp³-hybridized carbons (Fsp3) is 0.769. The molecule has 0 spiro atoms. The van der Waals surface area contributed by atoms with Gasteiger partial charge in [0.05, 0.1) is 6.61 Å². The van der Waals surface area contributed by atoms with Gasteiger partial charge >= 0.3 is 0 Å². The van der Waals surface area contributed by atoms with Crippen LogP contribution in [0.5, 0.6) is 5.75 Å². The van der Waals surface area contributed by atoms with Crippen LogP contribution in [0.3, 0.4) is 0 Å². The van der Waals surface area contributed by atoms with E-state index in [1.54, 1.807) is 5.56 Å². The number of hydrogen-bond acceptors (Lipinski definition) is 1. The first kappa shape index (κ1) is 24.1. The summed E-state index contributed by atoms with van der Waals surface area (Å²) in [5.41, 5.74) is 3.04. The maximum atomic E-state index is 5.96. The molecule has 27 heavy (non-hydrogen) atoms. The normalized spacial score (nSPS) is 11.1. The number of hydrogen-bond donors (Lipinski definition) is 0. The number of ether oxygens (including phenoxy) is 1. The molecule has 1 heteroatoms.